The van der Waals surface area contributed by atoms with E-state index in [0.29, 0.717) is 24.3 Å². The fraction of sp³-hybridized carbons (Fsp3) is 0.240. The van der Waals surface area contributed by atoms with Gasteiger partial charge in [-0.3, -0.25) is 9.59 Å². The zero-order valence-electron chi connectivity index (χ0n) is 20.9. The van der Waals surface area contributed by atoms with Crippen LogP contribution in [0.3, 0.4) is 0 Å². The molecule has 0 aliphatic carbocycles. The van der Waals surface area contributed by atoms with Gasteiger partial charge in [0.2, 0.25) is 5.95 Å². The minimum absolute atomic E-state index is 0.0000493. The van der Waals surface area contributed by atoms with Crippen LogP contribution >= 0.6 is 0 Å². The molecular weight excluding hydrogens is 508 g/mol. The van der Waals surface area contributed by atoms with E-state index in [-0.39, 0.29) is 35.8 Å². The number of fused-ring (bicyclic) bond motifs is 1. The van der Waals surface area contributed by atoms with Crippen molar-refractivity contribution >= 4 is 46.5 Å². The number of aromatic nitrogens is 4. The molecule has 0 spiro atoms. The summed E-state index contributed by atoms with van der Waals surface area (Å²) in [6, 6.07) is 5.43. The minimum atomic E-state index is -1.33. The lowest BCUT2D eigenvalue weighted by atomic mass is 10.1. The Morgan fingerprint density at radius 3 is 2.56 bits per heavy atom. The Morgan fingerprint density at radius 2 is 1.90 bits per heavy atom. The number of nitrogens with two attached hydrogens (primary N) is 2. The van der Waals surface area contributed by atoms with Gasteiger partial charge in [0.05, 0.1) is 31.0 Å². The summed E-state index contributed by atoms with van der Waals surface area (Å²) in [7, 11) is 0. The molecule has 0 saturated carbocycles. The lowest BCUT2D eigenvalue weighted by Gasteiger charge is -2.26. The summed E-state index contributed by atoms with van der Waals surface area (Å²) in [4.78, 5) is 54.0. The molecule has 4 rings (SSSR count). The molecule has 202 valence electrons. The van der Waals surface area contributed by atoms with E-state index in [1.54, 1.807) is 36.9 Å². The van der Waals surface area contributed by atoms with Crippen LogP contribution in [-0.2, 0) is 22.7 Å². The number of hydrogen-bond donors (Lipinski definition) is 5. The average molecular weight is 535 g/mol. The molecule has 39 heavy (non-hydrogen) atoms. The van der Waals surface area contributed by atoms with Gasteiger partial charge in [0.25, 0.3) is 5.91 Å². The highest BCUT2D eigenvalue weighted by Crippen LogP contribution is 2.26. The van der Waals surface area contributed by atoms with Gasteiger partial charge in [-0.15, -0.1) is 0 Å². The molecule has 4 aromatic rings. The molecule has 1 unspecified atom stereocenters. The van der Waals surface area contributed by atoms with Crippen LogP contribution < -0.4 is 21.7 Å². The highest BCUT2D eigenvalue weighted by Gasteiger charge is 2.22. The zero-order valence-corrected chi connectivity index (χ0v) is 20.9. The largest absolute Gasteiger partial charge is 0.481 e. The molecule has 7 N–H and O–H groups in total. The molecule has 0 radical (unpaired) electrons. The van der Waals surface area contributed by atoms with Crippen molar-refractivity contribution in [1.29, 1.82) is 0 Å². The molecular formula is C25H26N8O6. The number of carbonyl (C=O) groups is 3. The van der Waals surface area contributed by atoms with Gasteiger partial charge in [-0.2, -0.15) is 9.97 Å². The van der Waals surface area contributed by atoms with E-state index in [9.17, 15) is 19.5 Å². The molecule has 3 aromatic heterocycles. The topological polar surface area (TPSA) is 224 Å². The Labute approximate surface area is 221 Å². The molecule has 3 heterocycles. The van der Waals surface area contributed by atoms with Crippen LogP contribution in [0.25, 0.3) is 11.2 Å². The number of aryl methyl sites for hydroxylation is 1. The van der Waals surface area contributed by atoms with Crippen LogP contribution in [0.2, 0.25) is 0 Å². The third-order valence-electron chi connectivity index (χ3n) is 5.86. The van der Waals surface area contributed by atoms with Crippen molar-refractivity contribution in [2.24, 2.45) is 0 Å². The number of nitrogens with one attached hydrogen (secondary N) is 1. The second-order valence-electron chi connectivity index (χ2n) is 8.79. The third-order valence-corrected chi connectivity index (χ3v) is 5.86. The van der Waals surface area contributed by atoms with Gasteiger partial charge in [-0.05, 0) is 43.2 Å². The Kier molecular flexibility index (Phi) is 7.84. The summed E-state index contributed by atoms with van der Waals surface area (Å²) < 4.78 is 5.22. The van der Waals surface area contributed by atoms with Crippen molar-refractivity contribution in [3.05, 3.63) is 65.4 Å². The fourth-order valence-corrected chi connectivity index (χ4v) is 4.00. The number of carbonyl (C=O) groups excluding carboxylic acids is 1. The van der Waals surface area contributed by atoms with Crippen LogP contribution in [0.5, 0.6) is 0 Å². The van der Waals surface area contributed by atoms with Crippen LogP contribution in [0, 0.1) is 6.92 Å². The van der Waals surface area contributed by atoms with Crippen molar-refractivity contribution in [1.82, 2.24) is 25.3 Å². The van der Waals surface area contributed by atoms with E-state index in [2.05, 4.69) is 25.3 Å². The molecule has 1 amide bonds. The number of carboxylic acid groups (broad SMARTS) is 2. The van der Waals surface area contributed by atoms with Crippen LogP contribution in [-0.4, -0.2) is 54.0 Å². The van der Waals surface area contributed by atoms with Gasteiger partial charge in [0.1, 0.15) is 6.04 Å². The number of benzene rings is 1. The minimum Gasteiger partial charge on any atom is -0.481 e. The first-order valence-corrected chi connectivity index (χ1v) is 11.8. The van der Waals surface area contributed by atoms with Gasteiger partial charge in [0, 0.05) is 29.8 Å². The smallest absolute Gasteiger partial charge is 0.326 e. The molecule has 1 aromatic carbocycles. The van der Waals surface area contributed by atoms with Crippen molar-refractivity contribution in [3.63, 3.8) is 0 Å². The number of furan rings is 1. The number of hydrogen-bond acceptors (Lipinski definition) is 11. The third kappa shape index (κ3) is 6.54. The predicted octanol–water partition coefficient (Wildman–Crippen LogP) is 1.74. The van der Waals surface area contributed by atoms with Gasteiger partial charge < -0.3 is 36.3 Å². The quantitative estimate of drug-likeness (QED) is 0.185. The number of carboxylic acids is 2. The number of amides is 1. The molecule has 1 atom stereocenters. The maximum absolute atomic E-state index is 12.8. The van der Waals surface area contributed by atoms with Crippen molar-refractivity contribution < 1.29 is 29.0 Å². The lowest BCUT2D eigenvalue weighted by Crippen LogP contribution is -2.41. The maximum Gasteiger partial charge on any atom is 0.326 e. The van der Waals surface area contributed by atoms with Crippen LogP contribution in [0.4, 0.5) is 17.5 Å². The van der Waals surface area contributed by atoms with Gasteiger partial charge in [0.15, 0.2) is 17.0 Å². The first kappa shape index (κ1) is 26.8. The molecule has 0 aliphatic heterocycles. The first-order chi connectivity index (χ1) is 18.6. The van der Waals surface area contributed by atoms with E-state index in [1.807, 2.05) is 17.9 Å². The van der Waals surface area contributed by atoms with E-state index in [4.69, 9.17) is 21.0 Å². The van der Waals surface area contributed by atoms with Gasteiger partial charge in [-0.1, -0.05) is 0 Å². The predicted molar refractivity (Wildman–Crippen MR) is 139 cm³/mol. The summed E-state index contributed by atoms with van der Waals surface area (Å²) in [5.41, 5.74) is 15.4. The molecule has 0 bridgehead atoms. The summed E-state index contributed by atoms with van der Waals surface area (Å²) in [5.74, 6) is -2.97. The molecule has 0 saturated heterocycles. The van der Waals surface area contributed by atoms with Gasteiger partial charge in [-0.25, -0.2) is 14.8 Å². The second-order valence-corrected chi connectivity index (χ2v) is 8.79. The van der Waals surface area contributed by atoms with E-state index in [0.717, 1.165) is 16.8 Å². The number of rotatable bonds is 11. The summed E-state index contributed by atoms with van der Waals surface area (Å²) in [5, 5.41) is 20.6. The number of nitrogens with zero attached hydrogens (tertiary/aromatic N) is 5. The fourth-order valence-electron chi connectivity index (χ4n) is 4.00. The van der Waals surface area contributed by atoms with E-state index >= 15 is 0 Å². The van der Waals surface area contributed by atoms with Gasteiger partial charge >= 0.3 is 11.9 Å². The Balaban J connectivity index is 1.60. The molecule has 0 aliphatic rings. The summed E-state index contributed by atoms with van der Waals surface area (Å²) >= 11 is 0. The van der Waals surface area contributed by atoms with Crippen molar-refractivity contribution in [2.75, 3.05) is 16.4 Å². The number of aliphatic carboxylic acids is 2. The lowest BCUT2D eigenvalue weighted by molar-refractivity contribution is -0.140. The standard InChI is InChI=1S/C25H26N8O6/c1-13-8-15(23(36)30-17(24(37)38)3-5-19(34)35)2-4-18(13)33(10-14-6-7-39-12-14)11-16-9-28-22-20(29-16)21(26)31-25(27)32-22/h2,4,6-9,12,17H,3,5,10-11H2,1H3,(H,30,36)(H,34,35)(H,37,38)(H4,26,27,28,31,32). The monoisotopic (exact) mass is 534 g/mol. The number of anilines is 3. The summed E-state index contributed by atoms with van der Waals surface area (Å²) in [6.07, 6.45) is 4.13. The maximum atomic E-state index is 12.8. The highest BCUT2D eigenvalue weighted by atomic mass is 16.4. The Hall–Kier alpha value is -5.27. The van der Waals surface area contributed by atoms with Crippen molar-refractivity contribution in [2.45, 2.75) is 38.9 Å². The second kappa shape index (κ2) is 11.4. The van der Waals surface area contributed by atoms with E-state index in [1.165, 1.54) is 0 Å². The average Bonchev–Trinajstić information content (AvgIpc) is 3.39. The van der Waals surface area contributed by atoms with Crippen molar-refractivity contribution in [3.8, 4) is 0 Å². The highest BCUT2D eigenvalue weighted by molar-refractivity contribution is 5.97. The number of nitrogen functional groups attached to an aromatic ring is 2. The van der Waals surface area contributed by atoms with E-state index < -0.39 is 23.9 Å². The Morgan fingerprint density at radius 1 is 1.10 bits per heavy atom. The summed E-state index contributed by atoms with van der Waals surface area (Å²) in [6.45, 7) is 2.56. The SMILES string of the molecule is Cc1cc(C(=O)NC(CCC(=O)O)C(=O)O)ccc1N(Cc1ccoc1)Cc1cnc2nc(N)nc(N)c2n1. The van der Waals surface area contributed by atoms with Crippen LogP contribution in [0.15, 0.2) is 47.4 Å². The zero-order chi connectivity index (χ0) is 28.1. The normalized spacial score (nSPS) is 11.7. The first-order valence-electron chi connectivity index (χ1n) is 11.8. The molecule has 14 nitrogen and oxygen atoms in total. The molecule has 0 fully saturated rings. The molecule has 14 heteroatoms. The Bertz CT molecular complexity index is 1520. The van der Waals surface area contributed by atoms with Crippen LogP contribution in [0.1, 0.15) is 40.0 Å².